The molecule has 0 aromatic heterocycles. The number of ketones is 1. The van der Waals surface area contributed by atoms with Crippen LogP contribution >= 0.6 is 20.8 Å². The number of carbonyl (C=O) groups excluding carboxylic acids is 2. The molecule has 1 atom stereocenters. The van der Waals surface area contributed by atoms with E-state index in [9.17, 15) is 9.59 Å². The van der Waals surface area contributed by atoms with Gasteiger partial charge in [0.1, 0.15) is 0 Å². The first-order valence-corrected chi connectivity index (χ1v) is 25.1. The monoisotopic (exact) mass is 812 g/mol. The number of carbonyl (C=O) groups is 2. The van der Waals surface area contributed by atoms with Gasteiger partial charge in [-0.2, -0.15) is 0 Å². The summed E-state index contributed by atoms with van der Waals surface area (Å²) in [5.74, 6) is -0.318. The number of halogens is 1. The van der Waals surface area contributed by atoms with E-state index in [1.54, 1.807) is 0 Å². The van der Waals surface area contributed by atoms with Crippen molar-refractivity contribution in [3.05, 3.63) is 126 Å². The Morgan fingerprint density at radius 1 is 0.741 bits per heavy atom. The van der Waals surface area contributed by atoms with Crippen molar-refractivity contribution in [2.24, 2.45) is 5.41 Å². The van der Waals surface area contributed by atoms with Crippen molar-refractivity contribution in [3.8, 4) is 0 Å². The van der Waals surface area contributed by atoms with Crippen LogP contribution in [0.25, 0.3) is 0 Å². The molecule has 1 aliphatic rings. The van der Waals surface area contributed by atoms with Crippen molar-refractivity contribution in [3.63, 3.8) is 0 Å². The third kappa shape index (κ3) is 11.5. The summed E-state index contributed by atoms with van der Waals surface area (Å²) >= 11 is 4.55. The molecule has 54 heavy (non-hydrogen) atoms. The standard InChI is InChI=1S/C49H66BrO3P/c1-6-7-8-9-10-11-12-13-14-15-16-17-27-34-47(51)53-46-39-49(4,5)45(41(3)48(46)52)36-35-40(2)37-38-54(50,42-28-21-18-22-29-42,43-30-23-19-24-31-43)44-32-25-20-26-33-44/h18-26,28-33,35-37,46H,6-17,27,34,38-39H2,1-5H3/t46-/m1/s1. The molecule has 0 bridgehead atoms. The predicted molar refractivity (Wildman–Crippen MR) is 238 cm³/mol. The molecular weight excluding hydrogens is 747 g/mol. The van der Waals surface area contributed by atoms with Gasteiger partial charge in [0.2, 0.25) is 0 Å². The van der Waals surface area contributed by atoms with Gasteiger partial charge in [0, 0.05) is 0 Å². The van der Waals surface area contributed by atoms with Crippen molar-refractivity contribution in [1.82, 2.24) is 0 Å². The molecule has 0 N–H and O–H groups in total. The van der Waals surface area contributed by atoms with E-state index >= 15 is 0 Å². The van der Waals surface area contributed by atoms with E-state index in [0.717, 1.165) is 36.6 Å². The van der Waals surface area contributed by atoms with Gasteiger partial charge >= 0.3 is 247 Å². The van der Waals surface area contributed by atoms with E-state index in [1.165, 1.54) is 80.1 Å². The second-order valence-corrected chi connectivity index (χ2v) is 25.1. The fourth-order valence-electron chi connectivity index (χ4n) is 8.08. The van der Waals surface area contributed by atoms with E-state index in [2.05, 4.69) is 152 Å². The number of hydrogen-bond donors (Lipinski definition) is 0. The summed E-state index contributed by atoms with van der Waals surface area (Å²) < 4.78 is 5.84. The van der Waals surface area contributed by atoms with Crippen LogP contribution in [-0.2, 0) is 14.3 Å². The number of allylic oxidation sites excluding steroid dienone is 5. The summed E-state index contributed by atoms with van der Waals surface area (Å²) in [6, 6.07) is 32.5. The summed E-state index contributed by atoms with van der Waals surface area (Å²) in [7, 11) is 0. The quantitative estimate of drug-likeness (QED) is 0.0439. The second-order valence-electron chi connectivity index (χ2n) is 16.1. The minimum absolute atomic E-state index is 0.0723. The molecule has 0 aliphatic heterocycles. The second kappa shape index (κ2) is 21.3. The first kappa shape index (κ1) is 43.7. The van der Waals surface area contributed by atoms with Gasteiger partial charge in [0.25, 0.3) is 0 Å². The Bertz CT molecular complexity index is 1610. The third-order valence-corrected chi connectivity index (χ3v) is 20.9. The van der Waals surface area contributed by atoms with Gasteiger partial charge in [-0.25, -0.2) is 0 Å². The summed E-state index contributed by atoms with van der Waals surface area (Å²) in [6.07, 6.45) is 24.0. The van der Waals surface area contributed by atoms with E-state index in [0.29, 0.717) is 18.4 Å². The molecule has 0 unspecified atom stereocenters. The Morgan fingerprint density at radius 3 is 1.61 bits per heavy atom. The zero-order valence-electron chi connectivity index (χ0n) is 33.8. The fourth-order valence-corrected chi connectivity index (χ4v) is 15.2. The van der Waals surface area contributed by atoms with Gasteiger partial charge in [-0.05, 0) is 6.42 Å². The van der Waals surface area contributed by atoms with Crippen molar-refractivity contribution >= 4 is 48.5 Å². The van der Waals surface area contributed by atoms with Gasteiger partial charge < -0.3 is 0 Å². The van der Waals surface area contributed by atoms with Gasteiger partial charge in [-0.3, -0.25) is 0 Å². The molecule has 0 saturated heterocycles. The summed E-state index contributed by atoms with van der Waals surface area (Å²) in [5, 5.41) is 0.742. The van der Waals surface area contributed by atoms with E-state index in [4.69, 9.17) is 4.74 Å². The fraction of sp³-hybridized carbons (Fsp3) is 0.469. The average Bonchev–Trinajstić information content (AvgIpc) is 3.18. The van der Waals surface area contributed by atoms with Gasteiger partial charge in [0.05, 0.1) is 0 Å². The molecule has 3 aromatic rings. The van der Waals surface area contributed by atoms with Crippen LogP contribution in [0.2, 0.25) is 0 Å². The molecule has 3 aromatic carbocycles. The third-order valence-electron chi connectivity index (χ3n) is 11.4. The molecule has 0 heterocycles. The number of hydrogen-bond acceptors (Lipinski definition) is 3. The maximum atomic E-state index is 13.6. The topological polar surface area (TPSA) is 43.4 Å². The maximum absolute atomic E-state index is 13.6. The molecule has 0 amide bonds. The van der Waals surface area contributed by atoms with Gasteiger partial charge in [-0.1, -0.05) is 84.0 Å². The first-order valence-electron chi connectivity index (χ1n) is 20.7. The molecule has 292 valence electrons. The molecule has 0 spiro atoms. The molecular formula is C49H66BrO3P. The van der Waals surface area contributed by atoms with Crippen LogP contribution in [0.15, 0.2) is 126 Å². The van der Waals surface area contributed by atoms with Crippen LogP contribution in [0.3, 0.4) is 0 Å². The molecule has 3 nitrogen and oxygen atoms in total. The zero-order chi connectivity index (χ0) is 38.9. The van der Waals surface area contributed by atoms with Crippen LogP contribution < -0.4 is 15.9 Å². The summed E-state index contributed by atoms with van der Waals surface area (Å²) in [5.41, 5.74) is 2.50. The predicted octanol–water partition coefficient (Wildman–Crippen LogP) is 13.0. The summed E-state index contributed by atoms with van der Waals surface area (Å²) in [4.78, 5) is 26.4. The van der Waals surface area contributed by atoms with Crippen LogP contribution in [0.4, 0.5) is 0 Å². The Morgan fingerprint density at radius 2 is 1.17 bits per heavy atom. The number of benzene rings is 3. The van der Waals surface area contributed by atoms with Gasteiger partial charge in [-0.15, -0.1) is 0 Å². The molecule has 4 rings (SSSR count). The van der Waals surface area contributed by atoms with Gasteiger partial charge in [0.15, 0.2) is 0 Å². The molecule has 0 fully saturated rings. The number of esters is 1. The normalized spacial score (nSPS) is 17.1. The van der Waals surface area contributed by atoms with Crippen LogP contribution in [-0.4, -0.2) is 24.0 Å². The SMILES string of the molecule is CCCCCCCCCCCCCCCC(=O)O[C@@H]1CC(C)(C)C(C=CC(C)=CCP(Br)(c2ccccc2)(c2ccccc2)c2ccccc2)=C(C)C1=O. The number of rotatable bonds is 22. The number of Topliss-reactive ketones (excluding diaryl/α,β-unsaturated/α-hetero) is 1. The van der Waals surface area contributed by atoms with E-state index in [1.807, 2.05) is 6.92 Å². The Hall–Kier alpha value is -3.07. The first-order chi connectivity index (χ1) is 26.0. The molecule has 1 aliphatic carbocycles. The van der Waals surface area contributed by atoms with E-state index in [-0.39, 0.29) is 17.2 Å². The molecule has 0 saturated carbocycles. The minimum atomic E-state index is -3.09. The van der Waals surface area contributed by atoms with Crippen molar-refractivity contribution < 1.29 is 14.3 Å². The van der Waals surface area contributed by atoms with E-state index < -0.39 is 11.4 Å². The zero-order valence-corrected chi connectivity index (χ0v) is 36.3. The average molecular weight is 814 g/mol. The summed E-state index contributed by atoms with van der Waals surface area (Å²) in [6.45, 7) is 10.6. The van der Waals surface area contributed by atoms with Crippen molar-refractivity contribution in [2.45, 2.75) is 137 Å². The Labute approximate surface area is 335 Å². The van der Waals surface area contributed by atoms with Crippen LogP contribution in [0.5, 0.6) is 0 Å². The number of unbranched alkanes of at least 4 members (excludes halogenated alkanes) is 12. The molecule has 5 heteroatoms. The van der Waals surface area contributed by atoms with Crippen molar-refractivity contribution in [2.75, 3.05) is 6.16 Å². The van der Waals surface area contributed by atoms with Crippen molar-refractivity contribution in [1.29, 1.82) is 0 Å². The Kier molecular flexibility index (Phi) is 17.2. The van der Waals surface area contributed by atoms with Crippen LogP contribution in [0, 0.1) is 5.41 Å². The molecule has 0 radical (unpaired) electrons. The van der Waals surface area contributed by atoms with Crippen LogP contribution in [0.1, 0.15) is 131 Å². The number of ether oxygens (including phenoxy) is 1. The Balaban J connectivity index is 1.37.